The van der Waals surface area contributed by atoms with Crippen LogP contribution in [0.1, 0.15) is 24.5 Å². The van der Waals surface area contributed by atoms with Crippen LogP contribution in [0.15, 0.2) is 12.1 Å². The summed E-state index contributed by atoms with van der Waals surface area (Å²) >= 11 is 0. The summed E-state index contributed by atoms with van der Waals surface area (Å²) in [5.41, 5.74) is 6.08. The first kappa shape index (κ1) is 13.7. The summed E-state index contributed by atoms with van der Waals surface area (Å²) in [6.07, 6.45) is -2.18. The lowest BCUT2D eigenvalue weighted by atomic mass is 10.0. The molecule has 2 N–H and O–H groups in total. The number of hydrogen-bond acceptors (Lipinski definition) is 3. The Morgan fingerprint density at radius 2 is 1.71 bits per heavy atom. The summed E-state index contributed by atoms with van der Waals surface area (Å²) in [5, 5.41) is 0. The summed E-state index contributed by atoms with van der Waals surface area (Å²) in [7, 11) is 2.88. The van der Waals surface area contributed by atoms with E-state index in [0.29, 0.717) is 23.5 Å². The number of methoxy groups -OCH3 is 2. The van der Waals surface area contributed by atoms with Crippen LogP contribution in [-0.4, -0.2) is 20.3 Å². The molecule has 0 aromatic heterocycles. The zero-order valence-electron chi connectivity index (χ0n) is 10.2. The van der Waals surface area contributed by atoms with E-state index in [0.717, 1.165) is 0 Å². The molecule has 0 saturated carbocycles. The first-order valence-electron chi connectivity index (χ1n) is 5.28. The predicted molar refractivity (Wildman–Crippen MR) is 61.9 cm³/mol. The summed E-state index contributed by atoms with van der Waals surface area (Å²) in [6, 6.07) is 2.68. The Morgan fingerprint density at radius 3 is 2.12 bits per heavy atom. The highest BCUT2D eigenvalue weighted by atomic mass is 19.3. The molecule has 96 valence electrons. The highest BCUT2D eigenvalue weighted by molar-refractivity contribution is 5.48. The summed E-state index contributed by atoms with van der Waals surface area (Å²) in [5.74, 6) is 0.740. The van der Waals surface area contributed by atoms with Crippen LogP contribution in [-0.2, 0) is 6.42 Å². The third-order valence-electron chi connectivity index (χ3n) is 2.42. The van der Waals surface area contributed by atoms with Crippen molar-refractivity contribution >= 4 is 0 Å². The van der Waals surface area contributed by atoms with E-state index in [1.54, 1.807) is 13.0 Å². The maximum Gasteiger partial charge on any atom is 0.264 e. The monoisotopic (exact) mass is 245 g/mol. The van der Waals surface area contributed by atoms with Gasteiger partial charge in [-0.2, -0.15) is 0 Å². The van der Waals surface area contributed by atoms with Gasteiger partial charge >= 0.3 is 0 Å². The van der Waals surface area contributed by atoms with Gasteiger partial charge in [0, 0.05) is 11.6 Å². The molecule has 0 amide bonds. The molecule has 5 heteroatoms. The van der Waals surface area contributed by atoms with Gasteiger partial charge in [0.1, 0.15) is 0 Å². The van der Waals surface area contributed by atoms with E-state index < -0.39 is 6.43 Å². The number of nitrogens with two attached hydrogens (primary N) is 1. The molecule has 3 nitrogen and oxygen atoms in total. The van der Waals surface area contributed by atoms with E-state index in [4.69, 9.17) is 15.2 Å². The third kappa shape index (κ3) is 3.30. The first-order chi connectivity index (χ1) is 7.99. The van der Waals surface area contributed by atoms with Gasteiger partial charge in [0.2, 0.25) is 0 Å². The van der Waals surface area contributed by atoms with Crippen molar-refractivity contribution in [2.75, 3.05) is 14.2 Å². The Morgan fingerprint density at radius 1 is 1.18 bits per heavy atom. The summed E-state index contributed by atoms with van der Waals surface area (Å²) < 4.78 is 35.9. The number of hydrogen-bond donors (Lipinski definition) is 1. The van der Waals surface area contributed by atoms with Crippen molar-refractivity contribution in [3.05, 3.63) is 23.3 Å². The van der Waals surface area contributed by atoms with Crippen molar-refractivity contribution in [3.63, 3.8) is 0 Å². The van der Waals surface area contributed by atoms with Gasteiger partial charge in [-0.05, 0) is 31.0 Å². The summed E-state index contributed by atoms with van der Waals surface area (Å²) in [6.45, 7) is 1.77. The Bertz CT molecular complexity index is 381. The highest BCUT2D eigenvalue weighted by Gasteiger charge is 2.18. The second-order valence-electron chi connectivity index (χ2n) is 3.89. The van der Waals surface area contributed by atoms with Gasteiger partial charge in [-0.3, -0.25) is 0 Å². The van der Waals surface area contributed by atoms with E-state index >= 15 is 0 Å². The zero-order valence-corrected chi connectivity index (χ0v) is 10.2. The van der Waals surface area contributed by atoms with Crippen LogP contribution in [0, 0.1) is 0 Å². The molecule has 0 radical (unpaired) electrons. The van der Waals surface area contributed by atoms with E-state index in [-0.39, 0.29) is 11.6 Å². The third-order valence-corrected chi connectivity index (χ3v) is 2.42. The molecule has 0 saturated heterocycles. The minimum Gasteiger partial charge on any atom is -0.493 e. The lowest BCUT2D eigenvalue weighted by Gasteiger charge is -2.15. The van der Waals surface area contributed by atoms with Gasteiger partial charge < -0.3 is 15.2 Å². The van der Waals surface area contributed by atoms with E-state index in [9.17, 15) is 8.78 Å². The predicted octanol–water partition coefficient (Wildman–Crippen LogP) is 2.53. The molecule has 1 aromatic carbocycles. The van der Waals surface area contributed by atoms with E-state index in [1.165, 1.54) is 20.3 Å². The average molecular weight is 245 g/mol. The molecule has 0 fully saturated rings. The molecule has 1 unspecified atom stereocenters. The molecule has 1 rings (SSSR count). The van der Waals surface area contributed by atoms with Crippen LogP contribution in [0.4, 0.5) is 8.78 Å². The second-order valence-corrected chi connectivity index (χ2v) is 3.89. The molecule has 1 aromatic rings. The first-order valence-corrected chi connectivity index (χ1v) is 5.28. The number of benzene rings is 1. The van der Waals surface area contributed by atoms with Gasteiger partial charge in [-0.15, -0.1) is 0 Å². The minimum atomic E-state index is -2.55. The highest BCUT2D eigenvalue weighted by Crippen LogP contribution is 2.35. The Kier molecular flexibility index (Phi) is 4.69. The Labute approximate surface area is 99.5 Å². The maximum absolute atomic E-state index is 12.9. The largest absolute Gasteiger partial charge is 0.493 e. The summed E-state index contributed by atoms with van der Waals surface area (Å²) in [4.78, 5) is 0. The van der Waals surface area contributed by atoms with Crippen LogP contribution in [0.3, 0.4) is 0 Å². The Hall–Kier alpha value is -1.36. The van der Waals surface area contributed by atoms with Crippen molar-refractivity contribution in [1.82, 2.24) is 0 Å². The van der Waals surface area contributed by atoms with Gasteiger partial charge in [0.05, 0.1) is 14.2 Å². The number of rotatable bonds is 5. The maximum atomic E-state index is 12.9. The fraction of sp³-hybridized carbons (Fsp3) is 0.500. The quantitative estimate of drug-likeness (QED) is 0.867. The van der Waals surface area contributed by atoms with E-state index in [2.05, 4.69) is 0 Å². The van der Waals surface area contributed by atoms with Gasteiger partial charge in [0.25, 0.3) is 6.43 Å². The molecule has 0 bridgehead atoms. The normalized spacial score (nSPS) is 12.6. The molecule has 0 aliphatic carbocycles. The van der Waals surface area contributed by atoms with Crippen LogP contribution >= 0.6 is 0 Å². The Balaban J connectivity index is 3.24. The molecular formula is C12H17F2NO2. The van der Waals surface area contributed by atoms with Crippen molar-refractivity contribution in [1.29, 1.82) is 0 Å². The standard InChI is InChI=1S/C12H17F2NO2/c1-7(15)4-8-5-10(16-2)11(17-3)6-9(8)12(13)14/h5-7,12H,4,15H2,1-3H3. The molecular weight excluding hydrogens is 228 g/mol. The van der Waals surface area contributed by atoms with Crippen molar-refractivity contribution in [2.24, 2.45) is 5.73 Å². The average Bonchev–Trinajstić information content (AvgIpc) is 2.27. The van der Waals surface area contributed by atoms with Crippen molar-refractivity contribution in [3.8, 4) is 11.5 Å². The minimum absolute atomic E-state index is 0.0556. The second kappa shape index (κ2) is 5.82. The van der Waals surface area contributed by atoms with Gasteiger partial charge in [-0.1, -0.05) is 0 Å². The number of alkyl halides is 2. The van der Waals surface area contributed by atoms with Crippen LogP contribution in [0.25, 0.3) is 0 Å². The number of halogens is 2. The SMILES string of the molecule is COc1cc(CC(C)N)c(C(F)F)cc1OC. The van der Waals surface area contributed by atoms with E-state index in [1.807, 2.05) is 0 Å². The molecule has 0 heterocycles. The smallest absolute Gasteiger partial charge is 0.264 e. The van der Waals surface area contributed by atoms with Crippen molar-refractivity contribution < 1.29 is 18.3 Å². The fourth-order valence-corrected chi connectivity index (χ4v) is 1.66. The molecule has 0 spiro atoms. The number of ether oxygens (including phenoxy) is 2. The molecule has 0 aliphatic rings. The fourth-order valence-electron chi connectivity index (χ4n) is 1.66. The topological polar surface area (TPSA) is 44.5 Å². The molecule has 1 atom stereocenters. The van der Waals surface area contributed by atoms with Crippen LogP contribution in [0.5, 0.6) is 11.5 Å². The van der Waals surface area contributed by atoms with Crippen LogP contribution in [0.2, 0.25) is 0 Å². The molecule has 0 aliphatic heterocycles. The van der Waals surface area contributed by atoms with Crippen molar-refractivity contribution in [2.45, 2.75) is 25.8 Å². The lowest BCUT2D eigenvalue weighted by Crippen LogP contribution is -2.19. The lowest BCUT2D eigenvalue weighted by molar-refractivity contribution is 0.149. The van der Waals surface area contributed by atoms with Crippen LogP contribution < -0.4 is 15.2 Å². The zero-order chi connectivity index (χ0) is 13.0. The molecule has 17 heavy (non-hydrogen) atoms. The van der Waals surface area contributed by atoms with Gasteiger partial charge in [0.15, 0.2) is 11.5 Å². The van der Waals surface area contributed by atoms with Gasteiger partial charge in [-0.25, -0.2) is 8.78 Å².